The fourth-order valence-electron chi connectivity index (χ4n) is 2.40. The topological polar surface area (TPSA) is 66.8 Å². The molecular weight excluding hydrogens is 172 g/mol. The van der Waals surface area contributed by atoms with E-state index in [-0.39, 0.29) is 23.9 Å². The molecule has 2 unspecified atom stereocenters. The van der Waals surface area contributed by atoms with Gasteiger partial charge in [-0.25, -0.2) is 0 Å². The van der Waals surface area contributed by atoms with Crippen LogP contribution in [0, 0.1) is 17.8 Å². The van der Waals surface area contributed by atoms with Crippen molar-refractivity contribution in [2.45, 2.75) is 18.9 Å². The Hall–Kier alpha value is -0.610. The highest BCUT2D eigenvalue weighted by atomic mass is 16.5. The van der Waals surface area contributed by atoms with Crippen molar-refractivity contribution in [1.82, 2.24) is 0 Å². The molecule has 13 heavy (non-hydrogen) atoms. The van der Waals surface area contributed by atoms with E-state index in [4.69, 9.17) is 9.84 Å². The second kappa shape index (κ2) is 3.27. The lowest BCUT2D eigenvalue weighted by atomic mass is 9.72. The molecule has 0 aromatic rings. The highest BCUT2D eigenvalue weighted by Gasteiger charge is 2.42. The van der Waals surface area contributed by atoms with Crippen LogP contribution in [-0.4, -0.2) is 35.5 Å². The van der Waals surface area contributed by atoms with Crippen LogP contribution < -0.4 is 0 Å². The zero-order valence-electron chi connectivity index (χ0n) is 7.35. The van der Waals surface area contributed by atoms with Gasteiger partial charge < -0.3 is 14.9 Å². The van der Waals surface area contributed by atoms with E-state index in [1.165, 1.54) is 0 Å². The van der Waals surface area contributed by atoms with Gasteiger partial charge in [0, 0.05) is 11.8 Å². The van der Waals surface area contributed by atoms with Crippen molar-refractivity contribution >= 4 is 5.97 Å². The second-order valence-corrected chi connectivity index (χ2v) is 4.05. The van der Waals surface area contributed by atoms with Crippen molar-refractivity contribution in [3.8, 4) is 0 Å². The average molecular weight is 186 g/mol. The fraction of sp³-hybridized carbons (Fsp3) is 0.889. The molecular formula is C9H14O4. The van der Waals surface area contributed by atoms with Crippen LogP contribution in [0.25, 0.3) is 0 Å². The molecule has 2 bridgehead atoms. The Morgan fingerprint density at radius 3 is 2.23 bits per heavy atom. The van der Waals surface area contributed by atoms with E-state index in [1.54, 1.807) is 0 Å². The minimum atomic E-state index is -0.733. The normalized spacial score (nSPS) is 44.4. The maximum absolute atomic E-state index is 10.8. The number of carboxylic acids is 1. The predicted octanol–water partition coefficient (Wildman–Crippen LogP) is 0.105. The van der Waals surface area contributed by atoms with Gasteiger partial charge in [0.15, 0.2) is 0 Å². The number of aliphatic hydroxyl groups excluding tert-OH is 1. The standard InChI is InChI=1S/C9H14O4/c10-8-6-1-5(9(11)12)2-7(8)4-13-3-6/h5-8,10H,1-4H2,(H,11,12). The van der Waals surface area contributed by atoms with Crippen molar-refractivity contribution < 1.29 is 19.7 Å². The van der Waals surface area contributed by atoms with E-state index in [0.29, 0.717) is 26.1 Å². The predicted molar refractivity (Wildman–Crippen MR) is 44.2 cm³/mol. The van der Waals surface area contributed by atoms with Crippen LogP contribution >= 0.6 is 0 Å². The summed E-state index contributed by atoms with van der Waals surface area (Å²) in [5, 5.41) is 18.6. The first-order chi connectivity index (χ1) is 6.18. The van der Waals surface area contributed by atoms with E-state index in [2.05, 4.69) is 0 Å². The third kappa shape index (κ3) is 1.56. The van der Waals surface area contributed by atoms with Crippen LogP contribution in [-0.2, 0) is 9.53 Å². The van der Waals surface area contributed by atoms with Crippen LogP contribution in [0.15, 0.2) is 0 Å². The molecule has 1 saturated heterocycles. The molecule has 4 heteroatoms. The molecule has 1 aliphatic carbocycles. The van der Waals surface area contributed by atoms with Crippen molar-refractivity contribution in [2.75, 3.05) is 13.2 Å². The summed E-state index contributed by atoms with van der Waals surface area (Å²) >= 11 is 0. The Bertz CT molecular complexity index is 202. The first-order valence-corrected chi connectivity index (χ1v) is 4.67. The molecule has 2 fully saturated rings. The monoisotopic (exact) mass is 186 g/mol. The molecule has 2 aliphatic rings. The Morgan fingerprint density at radius 2 is 1.77 bits per heavy atom. The number of carboxylic acid groups (broad SMARTS) is 1. The van der Waals surface area contributed by atoms with Gasteiger partial charge in [-0.05, 0) is 12.8 Å². The summed E-state index contributed by atoms with van der Waals surface area (Å²) in [7, 11) is 0. The van der Waals surface area contributed by atoms with E-state index in [9.17, 15) is 9.90 Å². The first-order valence-electron chi connectivity index (χ1n) is 4.67. The molecule has 0 amide bonds. The maximum atomic E-state index is 10.8. The smallest absolute Gasteiger partial charge is 0.306 e. The molecule has 2 N–H and O–H groups in total. The lowest BCUT2D eigenvalue weighted by Gasteiger charge is -2.41. The third-order valence-electron chi connectivity index (χ3n) is 3.15. The van der Waals surface area contributed by atoms with Gasteiger partial charge in [-0.1, -0.05) is 0 Å². The fourth-order valence-corrected chi connectivity index (χ4v) is 2.40. The number of carbonyl (C=O) groups is 1. The molecule has 0 aromatic carbocycles. The van der Waals surface area contributed by atoms with Gasteiger partial charge in [-0.3, -0.25) is 4.79 Å². The SMILES string of the molecule is O=C(O)C1CC2COCC(C1)C2O. The molecule has 74 valence electrons. The molecule has 2 rings (SSSR count). The minimum absolute atomic E-state index is 0.0357. The zero-order valence-corrected chi connectivity index (χ0v) is 7.35. The van der Waals surface area contributed by atoms with Crippen molar-refractivity contribution in [3.05, 3.63) is 0 Å². The number of hydrogen-bond acceptors (Lipinski definition) is 3. The summed E-state index contributed by atoms with van der Waals surface area (Å²) in [6, 6.07) is 0. The first kappa shape index (κ1) is 8.97. The summed E-state index contributed by atoms with van der Waals surface area (Å²) in [6.45, 7) is 1.03. The van der Waals surface area contributed by atoms with Gasteiger partial charge in [-0.2, -0.15) is 0 Å². The molecule has 1 saturated carbocycles. The number of aliphatic carboxylic acids is 1. The van der Waals surface area contributed by atoms with Gasteiger partial charge in [0.1, 0.15) is 0 Å². The molecule has 1 heterocycles. The molecule has 0 spiro atoms. The second-order valence-electron chi connectivity index (χ2n) is 4.05. The largest absolute Gasteiger partial charge is 0.481 e. The quantitative estimate of drug-likeness (QED) is 0.609. The number of aliphatic hydroxyl groups is 1. The highest BCUT2D eigenvalue weighted by Crippen LogP contribution is 2.37. The highest BCUT2D eigenvalue weighted by molar-refractivity contribution is 5.70. The summed E-state index contributed by atoms with van der Waals surface area (Å²) in [5.41, 5.74) is 0. The van der Waals surface area contributed by atoms with Crippen molar-refractivity contribution in [1.29, 1.82) is 0 Å². The summed E-state index contributed by atoms with van der Waals surface area (Å²) < 4.78 is 5.28. The van der Waals surface area contributed by atoms with E-state index in [1.807, 2.05) is 0 Å². The zero-order chi connectivity index (χ0) is 9.42. The minimum Gasteiger partial charge on any atom is -0.481 e. The Kier molecular flexibility index (Phi) is 2.26. The van der Waals surface area contributed by atoms with E-state index < -0.39 is 5.97 Å². The van der Waals surface area contributed by atoms with Gasteiger partial charge in [0.05, 0.1) is 25.2 Å². The van der Waals surface area contributed by atoms with Crippen LogP contribution in [0.1, 0.15) is 12.8 Å². The van der Waals surface area contributed by atoms with Crippen LogP contribution in [0.2, 0.25) is 0 Å². The Labute approximate surface area is 76.5 Å². The van der Waals surface area contributed by atoms with Crippen LogP contribution in [0.4, 0.5) is 0 Å². The molecule has 2 atom stereocenters. The lowest BCUT2D eigenvalue weighted by Crippen LogP contribution is -2.47. The van der Waals surface area contributed by atoms with E-state index in [0.717, 1.165) is 0 Å². The Balaban J connectivity index is 2.07. The van der Waals surface area contributed by atoms with E-state index >= 15 is 0 Å². The van der Waals surface area contributed by atoms with Crippen molar-refractivity contribution in [2.24, 2.45) is 17.8 Å². The molecule has 4 nitrogen and oxygen atoms in total. The van der Waals surface area contributed by atoms with Gasteiger partial charge in [-0.15, -0.1) is 0 Å². The number of hydrogen-bond donors (Lipinski definition) is 2. The van der Waals surface area contributed by atoms with Gasteiger partial charge in [0.2, 0.25) is 0 Å². The Morgan fingerprint density at radius 1 is 1.23 bits per heavy atom. The van der Waals surface area contributed by atoms with Crippen LogP contribution in [0.3, 0.4) is 0 Å². The molecule has 1 aliphatic heterocycles. The average Bonchev–Trinajstić information content (AvgIpc) is 2.02. The number of rotatable bonds is 1. The number of ether oxygens (including phenoxy) is 1. The van der Waals surface area contributed by atoms with Gasteiger partial charge >= 0.3 is 5.97 Å². The summed E-state index contributed by atoms with van der Waals surface area (Å²) in [6.07, 6.45) is 0.782. The summed E-state index contributed by atoms with van der Waals surface area (Å²) in [4.78, 5) is 10.8. The maximum Gasteiger partial charge on any atom is 0.306 e. The van der Waals surface area contributed by atoms with Crippen LogP contribution in [0.5, 0.6) is 0 Å². The van der Waals surface area contributed by atoms with Gasteiger partial charge in [0.25, 0.3) is 0 Å². The summed E-state index contributed by atoms with van der Waals surface area (Å²) in [5.74, 6) is -0.937. The molecule has 0 aromatic heterocycles. The third-order valence-corrected chi connectivity index (χ3v) is 3.15. The lowest BCUT2D eigenvalue weighted by molar-refractivity contribution is -0.155. The number of fused-ring (bicyclic) bond motifs is 2. The molecule has 0 radical (unpaired) electrons. The van der Waals surface area contributed by atoms with Crippen molar-refractivity contribution in [3.63, 3.8) is 0 Å².